The number of ether oxygens (including phenoxy) is 2. The Morgan fingerprint density at radius 3 is 2.42 bits per heavy atom. The van der Waals surface area contributed by atoms with Gasteiger partial charge in [0.2, 0.25) is 5.91 Å². The molecule has 182 valence electrons. The number of benzene rings is 1. The number of rotatable bonds is 3. The fourth-order valence-corrected chi connectivity index (χ4v) is 4.41. The monoisotopic (exact) mass is 470 g/mol. The average molecular weight is 470 g/mol. The Balaban J connectivity index is 1.71. The van der Waals surface area contributed by atoms with Gasteiger partial charge in [-0.25, -0.2) is 9.59 Å². The van der Waals surface area contributed by atoms with Gasteiger partial charge in [-0.1, -0.05) is 0 Å². The number of nitrogens with one attached hydrogen (secondary N) is 1. The molecule has 1 aromatic rings. The molecule has 2 aliphatic rings. The van der Waals surface area contributed by atoms with Crippen LogP contribution in [0.4, 0.5) is 18.0 Å². The molecule has 10 heteroatoms. The zero-order valence-corrected chi connectivity index (χ0v) is 19.2. The highest BCUT2D eigenvalue weighted by Gasteiger charge is 2.38. The van der Waals surface area contributed by atoms with Crippen LogP contribution in [-0.4, -0.2) is 48.2 Å². The largest absolute Gasteiger partial charge is 0.465 e. The molecule has 2 atom stereocenters. The number of alkyl carbamates (subject to hydrolysis) is 1. The first-order chi connectivity index (χ1) is 15.3. The molecule has 0 saturated heterocycles. The number of amides is 2. The van der Waals surface area contributed by atoms with Gasteiger partial charge >= 0.3 is 18.2 Å². The van der Waals surface area contributed by atoms with Crippen molar-refractivity contribution < 1.29 is 37.0 Å². The Morgan fingerprint density at radius 1 is 1.12 bits per heavy atom. The number of carbonyl (C=O) groups excluding carboxylic acids is 3. The van der Waals surface area contributed by atoms with E-state index in [-0.39, 0.29) is 36.4 Å². The Bertz CT molecular complexity index is 939. The van der Waals surface area contributed by atoms with E-state index in [1.807, 2.05) is 0 Å². The fourth-order valence-electron chi connectivity index (χ4n) is 4.41. The standard InChI is InChI=1S/C23H29F3N2O5/c1-22(2,3)33-21(31)27-16-6-5-13(10-16)19(29)28-8-7-17-14(12-28)9-15(23(24,25)26)11-18(17)20(30)32-4/h9,11,13,16H,5-8,10,12H2,1-4H3,(H,27,31). The molecule has 0 radical (unpaired) electrons. The summed E-state index contributed by atoms with van der Waals surface area (Å²) in [5.41, 5.74) is -0.909. The molecule has 1 aliphatic heterocycles. The maximum Gasteiger partial charge on any atom is 0.416 e. The van der Waals surface area contributed by atoms with E-state index in [2.05, 4.69) is 10.1 Å². The lowest BCUT2D eigenvalue weighted by Crippen LogP contribution is -2.41. The van der Waals surface area contributed by atoms with Crippen molar-refractivity contribution in [1.82, 2.24) is 10.2 Å². The highest BCUT2D eigenvalue weighted by atomic mass is 19.4. The molecule has 7 nitrogen and oxygen atoms in total. The molecule has 1 N–H and O–H groups in total. The van der Waals surface area contributed by atoms with Gasteiger partial charge in [0.25, 0.3) is 0 Å². The predicted octanol–water partition coefficient (Wildman–Crippen LogP) is 4.07. The van der Waals surface area contributed by atoms with Crippen LogP contribution in [0.2, 0.25) is 0 Å². The lowest BCUT2D eigenvalue weighted by Gasteiger charge is -2.32. The molecule has 2 unspecified atom stereocenters. The minimum absolute atomic E-state index is 0.0112. The number of esters is 1. The molecule has 1 aliphatic carbocycles. The Labute approximate surface area is 190 Å². The van der Waals surface area contributed by atoms with Crippen LogP contribution in [0, 0.1) is 5.92 Å². The van der Waals surface area contributed by atoms with Crippen molar-refractivity contribution in [3.63, 3.8) is 0 Å². The van der Waals surface area contributed by atoms with Crippen LogP contribution in [0.15, 0.2) is 12.1 Å². The summed E-state index contributed by atoms with van der Waals surface area (Å²) in [5.74, 6) is -1.33. The van der Waals surface area contributed by atoms with E-state index in [4.69, 9.17) is 4.74 Å². The third-order valence-electron chi connectivity index (χ3n) is 5.88. The van der Waals surface area contributed by atoms with Gasteiger partial charge in [-0.2, -0.15) is 13.2 Å². The van der Waals surface area contributed by atoms with Gasteiger partial charge in [0.15, 0.2) is 0 Å². The number of alkyl halides is 3. The molecule has 0 aromatic heterocycles. The fraction of sp³-hybridized carbons (Fsp3) is 0.609. The van der Waals surface area contributed by atoms with E-state index >= 15 is 0 Å². The van der Waals surface area contributed by atoms with E-state index in [1.165, 1.54) is 4.90 Å². The van der Waals surface area contributed by atoms with Crippen LogP contribution in [0.25, 0.3) is 0 Å². The maximum absolute atomic E-state index is 13.4. The van der Waals surface area contributed by atoms with Crippen molar-refractivity contribution in [3.8, 4) is 0 Å². The van der Waals surface area contributed by atoms with Crippen molar-refractivity contribution in [2.45, 2.75) is 70.8 Å². The normalized spacial score (nSPS) is 20.8. The lowest BCUT2D eigenvalue weighted by molar-refractivity contribution is -0.137. The van der Waals surface area contributed by atoms with E-state index in [9.17, 15) is 27.6 Å². The summed E-state index contributed by atoms with van der Waals surface area (Å²) in [5, 5.41) is 2.78. The van der Waals surface area contributed by atoms with Crippen molar-refractivity contribution in [2.24, 2.45) is 5.92 Å². The summed E-state index contributed by atoms with van der Waals surface area (Å²) in [6.45, 7) is 5.57. The van der Waals surface area contributed by atoms with Crippen LogP contribution in [0.1, 0.15) is 67.1 Å². The van der Waals surface area contributed by atoms with Crippen LogP contribution in [-0.2, 0) is 33.4 Å². The summed E-state index contributed by atoms with van der Waals surface area (Å²) < 4.78 is 50.1. The van der Waals surface area contributed by atoms with Crippen molar-refractivity contribution >= 4 is 18.0 Å². The van der Waals surface area contributed by atoms with Crippen LogP contribution in [0.3, 0.4) is 0 Å². The van der Waals surface area contributed by atoms with Gasteiger partial charge < -0.3 is 19.7 Å². The number of methoxy groups -OCH3 is 1. The van der Waals surface area contributed by atoms with E-state index in [1.54, 1.807) is 20.8 Å². The zero-order valence-electron chi connectivity index (χ0n) is 19.2. The average Bonchev–Trinajstić information content (AvgIpc) is 3.17. The molecule has 2 amide bonds. The first-order valence-corrected chi connectivity index (χ1v) is 10.9. The minimum atomic E-state index is -4.63. The molecule has 1 saturated carbocycles. The molecule has 3 rings (SSSR count). The Morgan fingerprint density at radius 2 is 1.82 bits per heavy atom. The number of hydrogen-bond donors (Lipinski definition) is 1. The van der Waals surface area contributed by atoms with Crippen LogP contribution < -0.4 is 5.32 Å². The van der Waals surface area contributed by atoms with Crippen molar-refractivity contribution in [2.75, 3.05) is 13.7 Å². The predicted molar refractivity (Wildman–Crippen MR) is 112 cm³/mol. The topological polar surface area (TPSA) is 84.9 Å². The number of halogens is 3. The second kappa shape index (κ2) is 9.23. The van der Waals surface area contributed by atoms with Gasteiger partial charge in [-0.3, -0.25) is 4.79 Å². The molecule has 33 heavy (non-hydrogen) atoms. The van der Waals surface area contributed by atoms with Gasteiger partial charge in [-0.05, 0) is 69.7 Å². The number of fused-ring (bicyclic) bond motifs is 1. The molecule has 1 fully saturated rings. The SMILES string of the molecule is COC(=O)c1cc(C(F)(F)F)cc2c1CCN(C(=O)C1CCC(NC(=O)OC(C)(C)C)C1)C2. The Kier molecular flexibility index (Phi) is 6.95. The second-order valence-corrected chi connectivity index (χ2v) is 9.51. The second-order valence-electron chi connectivity index (χ2n) is 9.51. The van der Waals surface area contributed by atoms with Crippen LogP contribution in [0.5, 0.6) is 0 Å². The van der Waals surface area contributed by atoms with E-state index < -0.39 is 29.4 Å². The molecule has 1 aromatic carbocycles. The number of carbonyl (C=O) groups is 3. The first-order valence-electron chi connectivity index (χ1n) is 10.9. The summed E-state index contributed by atoms with van der Waals surface area (Å²) >= 11 is 0. The highest BCUT2D eigenvalue weighted by molar-refractivity contribution is 5.92. The third-order valence-corrected chi connectivity index (χ3v) is 5.88. The summed E-state index contributed by atoms with van der Waals surface area (Å²) in [6, 6.07) is 1.61. The van der Waals surface area contributed by atoms with Crippen LogP contribution >= 0.6 is 0 Å². The highest BCUT2D eigenvalue weighted by Crippen LogP contribution is 2.35. The van der Waals surface area contributed by atoms with Crippen molar-refractivity contribution in [3.05, 3.63) is 34.4 Å². The van der Waals surface area contributed by atoms with Crippen molar-refractivity contribution in [1.29, 1.82) is 0 Å². The van der Waals surface area contributed by atoms with Gasteiger partial charge in [0.05, 0.1) is 18.2 Å². The molecular weight excluding hydrogens is 441 g/mol. The van der Waals surface area contributed by atoms with Gasteiger partial charge in [-0.15, -0.1) is 0 Å². The zero-order chi connectivity index (χ0) is 24.6. The quantitative estimate of drug-likeness (QED) is 0.674. The molecule has 0 spiro atoms. The lowest BCUT2D eigenvalue weighted by atomic mass is 9.91. The smallest absolute Gasteiger partial charge is 0.416 e. The summed E-state index contributed by atoms with van der Waals surface area (Å²) in [7, 11) is 1.12. The van der Waals surface area contributed by atoms with Gasteiger partial charge in [0.1, 0.15) is 5.60 Å². The maximum atomic E-state index is 13.4. The Hall–Kier alpha value is -2.78. The number of hydrogen-bond acceptors (Lipinski definition) is 5. The molecule has 1 heterocycles. The first kappa shape index (κ1) is 24.9. The number of nitrogens with zero attached hydrogens (tertiary/aromatic N) is 1. The van der Waals surface area contributed by atoms with E-state index in [0.29, 0.717) is 36.9 Å². The van der Waals surface area contributed by atoms with Gasteiger partial charge in [0, 0.05) is 25.0 Å². The van der Waals surface area contributed by atoms with E-state index in [0.717, 1.165) is 19.2 Å². The summed E-state index contributed by atoms with van der Waals surface area (Å²) in [4.78, 5) is 38.7. The summed E-state index contributed by atoms with van der Waals surface area (Å²) in [6.07, 6.45) is -3.28. The molecule has 0 bridgehead atoms. The molecular formula is C23H29F3N2O5. The third kappa shape index (κ3) is 5.97. The minimum Gasteiger partial charge on any atom is -0.465 e.